The van der Waals surface area contributed by atoms with Crippen molar-refractivity contribution in [3.05, 3.63) is 29.8 Å². The highest BCUT2D eigenvalue weighted by Crippen LogP contribution is 2.48. The topological polar surface area (TPSA) is 78.9 Å². The first kappa shape index (κ1) is 18.5. The third-order valence-electron chi connectivity index (χ3n) is 6.00. The number of carboxylic acids is 1. The Morgan fingerprint density at radius 2 is 2.00 bits per heavy atom. The third-order valence-corrected chi connectivity index (χ3v) is 6.00. The molecule has 3 rings (SSSR count). The van der Waals surface area contributed by atoms with E-state index in [1.807, 2.05) is 24.3 Å². The van der Waals surface area contributed by atoms with Gasteiger partial charge in [0.05, 0.1) is 18.6 Å². The highest BCUT2D eigenvalue weighted by Gasteiger charge is 2.55. The Kier molecular flexibility index (Phi) is 5.12. The lowest BCUT2D eigenvalue weighted by molar-refractivity contribution is -0.149. The lowest BCUT2D eigenvalue weighted by atomic mass is 9.81. The summed E-state index contributed by atoms with van der Waals surface area (Å²) in [5.41, 5.74) is 0.270. The summed E-state index contributed by atoms with van der Waals surface area (Å²) in [5, 5.41) is 12.8. The standard InChI is InChI=1S/C20H28N2O4/c1-13(2)17(14-6-8-16(26-3)9-7-14)21-19(25)22-11-15-5-4-10-20(15,12-22)18(23)24/h6-9,13,15,17H,4-5,10-12H2,1-3H3,(H,21,25)(H,23,24)/t15-,17?,20+/m0/s1. The molecule has 0 bridgehead atoms. The molecule has 0 aromatic heterocycles. The van der Waals surface area contributed by atoms with E-state index in [0.717, 1.165) is 24.2 Å². The largest absolute Gasteiger partial charge is 0.497 e. The number of ether oxygens (including phenoxy) is 1. The van der Waals surface area contributed by atoms with E-state index in [9.17, 15) is 14.7 Å². The lowest BCUT2D eigenvalue weighted by Crippen LogP contribution is -2.43. The van der Waals surface area contributed by atoms with E-state index in [2.05, 4.69) is 19.2 Å². The molecule has 1 aliphatic heterocycles. The average Bonchev–Trinajstić information content (AvgIpc) is 3.18. The SMILES string of the molecule is COc1ccc(C(NC(=O)N2C[C@@H]3CCC[C@@]3(C(=O)O)C2)C(C)C)cc1. The van der Waals surface area contributed by atoms with Gasteiger partial charge >= 0.3 is 12.0 Å². The molecule has 1 saturated carbocycles. The number of carbonyl (C=O) groups excluding carboxylic acids is 1. The summed E-state index contributed by atoms with van der Waals surface area (Å²) in [6.07, 6.45) is 2.50. The van der Waals surface area contributed by atoms with E-state index in [1.54, 1.807) is 12.0 Å². The molecule has 2 N–H and O–H groups in total. The zero-order valence-electron chi connectivity index (χ0n) is 15.7. The van der Waals surface area contributed by atoms with Crippen LogP contribution in [0.4, 0.5) is 4.79 Å². The smallest absolute Gasteiger partial charge is 0.317 e. The minimum absolute atomic E-state index is 0.0734. The molecule has 1 aromatic rings. The van der Waals surface area contributed by atoms with Gasteiger partial charge < -0.3 is 20.1 Å². The summed E-state index contributed by atoms with van der Waals surface area (Å²) in [6, 6.07) is 7.39. The Morgan fingerprint density at radius 3 is 2.54 bits per heavy atom. The number of fused-ring (bicyclic) bond motifs is 1. The Hall–Kier alpha value is -2.24. The number of aliphatic carboxylic acids is 1. The van der Waals surface area contributed by atoms with Gasteiger partial charge in [0.25, 0.3) is 0 Å². The number of nitrogens with one attached hydrogen (secondary N) is 1. The Morgan fingerprint density at radius 1 is 1.31 bits per heavy atom. The second kappa shape index (κ2) is 7.17. The van der Waals surface area contributed by atoms with Crippen molar-refractivity contribution in [3.8, 4) is 5.75 Å². The summed E-state index contributed by atoms with van der Waals surface area (Å²) in [7, 11) is 1.62. The van der Waals surface area contributed by atoms with Crippen molar-refractivity contribution < 1.29 is 19.4 Å². The quantitative estimate of drug-likeness (QED) is 0.844. The number of hydrogen-bond acceptors (Lipinski definition) is 3. The molecule has 1 saturated heterocycles. The van der Waals surface area contributed by atoms with E-state index in [-0.39, 0.29) is 23.9 Å². The number of rotatable bonds is 5. The molecule has 1 heterocycles. The van der Waals surface area contributed by atoms with E-state index >= 15 is 0 Å². The number of methoxy groups -OCH3 is 1. The van der Waals surface area contributed by atoms with Gasteiger partial charge in [-0.25, -0.2) is 4.79 Å². The molecule has 2 amide bonds. The number of urea groups is 1. The molecule has 142 valence electrons. The molecule has 3 atom stereocenters. The van der Waals surface area contributed by atoms with Crippen molar-refractivity contribution in [2.24, 2.45) is 17.3 Å². The molecule has 1 aromatic carbocycles. The molecule has 2 aliphatic rings. The lowest BCUT2D eigenvalue weighted by Gasteiger charge is -2.27. The van der Waals surface area contributed by atoms with Crippen LogP contribution in [0.3, 0.4) is 0 Å². The van der Waals surface area contributed by atoms with Gasteiger partial charge in [-0.3, -0.25) is 4.79 Å². The van der Waals surface area contributed by atoms with E-state index in [0.29, 0.717) is 19.5 Å². The monoisotopic (exact) mass is 360 g/mol. The molecule has 0 radical (unpaired) electrons. The third kappa shape index (κ3) is 3.24. The molecule has 6 heteroatoms. The maximum Gasteiger partial charge on any atom is 0.317 e. The Balaban J connectivity index is 1.72. The molecular formula is C20H28N2O4. The van der Waals surface area contributed by atoms with Crippen molar-refractivity contribution in [2.75, 3.05) is 20.2 Å². The fraction of sp³-hybridized carbons (Fsp3) is 0.600. The number of hydrogen-bond donors (Lipinski definition) is 2. The van der Waals surface area contributed by atoms with Crippen LogP contribution in [-0.2, 0) is 4.79 Å². The van der Waals surface area contributed by atoms with E-state index < -0.39 is 11.4 Å². The van der Waals surface area contributed by atoms with Gasteiger partial charge in [0, 0.05) is 13.1 Å². The van der Waals surface area contributed by atoms with Gasteiger partial charge in [0.2, 0.25) is 0 Å². The van der Waals surface area contributed by atoms with Crippen LogP contribution in [-0.4, -0.2) is 42.2 Å². The van der Waals surface area contributed by atoms with Crippen LogP contribution in [0, 0.1) is 17.3 Å². The number of carbonyl (C=O) groups is 2. The zero-order chi connectivity index (χ0) is 18.9. The minimum Gasteiger partial charge on any atom is -0.497 e. The highest BCUT2D eigenvalue weighted by molar-refractivity contribution is 5.80. The Labute approximate surface area is 154 Å². The predicted octanol–water partition coefficient (Wildman–Crippen LogP) is 3.29. The predicted molar refractivity (Wildman–Crippen MR) is 98.1 cm³/mol. The summed E-state index contributed by atoms with van der Waals surface area (Å²) in [6.45, 7) is 4.97. The fourth-order valence-electron chi connectivity index (χ4n) is 4.46. The summed E-state index contributed by atoms with van der Waals surface area (Å²) in [5.74, 6) is 0.302. The maximum absolute atomic E-state index is 12.8. The van der Waals surface area contributed by atoms with Crippen molar-refractivity contribution in [1.82, 2.24) is 10.2 Å². The van der Waals surface area contributed by atoms with Crippen molar-refractivity contribution in [3.63, 3.8) is 0 Å². The van der Waals surface area contributed by atoms with Gasteiger partial charge in [-0.05, 0) is 42.4 Å². The molecule has 1 aliphatic carbocycles. The molecule has 2 fully saturated rings. The molecule has 1 unspecified atom stereocenters. The van der Waals surface area contributed by atoms with Crippen molar-refractivity contribution in [1.29, 1.82) is 0 Å². The van der Waals surface area contributed by atoms with E-state index in [4.69, 9.17) is 4.74 Å². The first-order chi connectivity index (χ1) is 12.4. The Bertz CT molecular complexity index is 673. The average molecular weight is 360 g/mol. The van der Waals surface area contributed by atoms with Crippen LogP contribution < -0.4 is 10.1 Å². The molecule has 26 heavy (non-hydrogen) atoms. The number of nitrogens with zero attached hydrogens (tertiary/aromatic N) is 1. The van der Waals surface area contributed by atoms with Crippen LogP contribution in [0.5, 0.6) is 5.75 Å². The van der Waals surface area contributed by atoms with Crippen molar-refractivity contribution >= 4 is 12.0 Å². The number of amides is 2. The summed E-state index contributed by atoms with van der Waals surface area (Å²) >= 11 is 0. The minimum atomic E-state index is -0.758. The van der Waals surface area contributed by atoms with Gasteiger partial charge in [0.1, 0.15) is 5.75 Å². The van der Waals surface area contributed by atoms with Crippen LogP contribution in [0.1, 0.15) is 44.7 Å². The number of likely N-dealkylation sites (tertiary alicyclic amines) is 1. The van der Waals surface area contributed by atoms with Gasteiger partial charge in [-0.2, -0.15) is 0 Å². The van der Waals surface area contributed by atoms with Gasteiger partial charge in [0.15, 0.2) is 0 Å². The molecular weight excluding hydrogens is 332 g/mol. The van der Waals surface area contributed by atoms with Crippen LogP contribution >= 0.6 is 0 Å². The number of benzene rings is 1. The molecule has 6 nitrogen and oxygen atoms in total. The summed E-state index contributed by atoms with van der Waals surface area (Å²) in [4.78, 5) is 26.4. The summed E-state index contributed by atoms with van der Waals surface area (Å²) < 4.78 is 5.20. The molecule has 0 spiro atoms. The first-order valence-corrected chi connectivity index (χ1v) is 9.30. The maximum atomic E-state index is 12.8. The van der Waals surface area contributed by atoms with Crippen LogP contribution in [0.25, 0.3) is 0 Å². The van der Waals surface area contributed by atoms with Crippen LogP contribution in [0.15, 0.2) is 24.3 Å². The first-order valence-electron chi connectivity index (χ1n) is 9.30. The van der Waals surface area contributed by atoms with Gasteiger partial charge in [-0.1, -0.05) is 32.4 Å². The number of carboxylic acid groups (broad SMARTS) is 1. The van der Waals surface area contributed by atoms with Crippen molar-refractivity contribution in [2.45, 2.75) is 39.2 Å². The normalized spacial score (nSPS) is 25.8. The second-order valence-electron chi connectivity index (χ2n) is 7.88. The van der Waals surface area contributed by atoms with Crippen LogP contribution in [0.2, 0.25) is 0 Å². The zero-order valence-corrected chi connectivity index (χ0v) is 15.7. The van der Waals surface area contributed by atoms with Gasteiger partial charge in [-0.15, -0.1) is 0 Å². The highest BCUT2D eigenvalue weighted by atomic mass is 16.5. The van der Waals surface area contributed by atoms with E-state index in [1.165, 1.54) is 0 Å². The second-order valence-corrected chi connectivity index (χ2v) is 7.88. The fourth-order valence-corrected chi connectivity index (χ4v) is 4.46.